The van der Waals surface area contributed by atoms with Gasteiger partial charge in [-0.1, -0.05) is 0 Å². The second kappa shape index (κ2) is 4.57. The van der Waals surface area contributed by atoms with Crippen molar-refractivity contribution in [2.45, 2.75) is 32.2 Å². The van der Waals surface area contributed by atoms with E-state index in [-0.39, 0.29) is 5.91 Å². The Balaban J connectivity index is 1.63. The highest BCUT2D eigenvalue weighted by atomic mass is 32.1. The molecule has 1 aromatic heterocycles. The first kappa shape index (κ1) is 10.4. The lowest BCUT2D eigenvalue weighted by molar-refractivity contribution is -0.120. The zero-order valence-electron chi connectivity index (χ0n) is 8.62. The zero-order chi connectivity index (χ0) is 10.7. The van der Waals surface area contributed by atoms with Gasteiger partial charge in [-0.25, -0.2) is 4.98 Å². The van der Waals surface area contributed by atoms with E-state index < -0.39 is 0 Å². The molecule has 0 atom stereocenters. The number of rotatable bonds is 5. The SMILES string of the molecule is Cc1nsc(NCCC(=O)NC2CC2)n1. The van der Waals surface area contributed by atoms with Gasteiger partial charge in [-0.3, -0.25) is 4.79 Å². The van der Waals surface area contributed by atoms with Gasteiger partial charge < -0.3 is 10.6 Å². The molecule has 0 saturated heterocycles. The van der Waals surface area contributed by atoms with Crippen LogP contribution in [0.3, 0.4) is 0 Å². The predicted octanol–water partition coefficient (Wildman–Crippen LogP) is 0.927. The number of hydrogen-bond donors (Lipinski definition) is 2. The van der Waals surface area contributed by atoms with Crippen LogP contribution in [0.25, 0.3) is 0 Å². The van der Waals surface area contributed by atoms with E-state index in [1.165, 1.54) is 11.5 Å². The Morgan fingerprint density at radius 2 is 2.40 bits per heavy atom. The molecular formula is C9H14N4OS. The van der Waals surface area contributed by atoms with Crippen molar-refractivity contribution in [3.63, 3.8) is 0 Å². The highest BCUT2D eigenvalue weighted by molar-refractivity contribution is 7.09. The lowest BCUT2D eigenvalue weighted by Crippen LogP contribution is -2.27. The van der Waals surface area contributed by atoms with Crippen LogP contribution in [0.4, 0.5) is 5.13 Å². The van der Waals surface area contributed by atoms with Crippen molar-refractivity contribution in [3.05, 3.63) is 5.82 Å². The molecule has 0 bridgehead atoms. The summed E-state index contributed by atoms with van der Waals surface area (Å²) >= 11 is 1.32. The standard InChI is InChI=1S/C9H14N4OS/c1-6-11-9(15-13-6)10-5-4-8(14)12-7-2-3-7/h7H,2-5H2,1H3,(H,12,14)(H,10,11,13). The molecule has 0 radical (unpaired) electrons. The molecule has 1 heterocycles. The smallest absolute Gasteiger partial charge is 0.221 e. The Morgan fingerprint density at radius 3 is 3.00 bits per heavy atom. The van der Waals surface area contributed by atoms with Gasteiger partial charge in [0.15, 0.2) is 0 Å². The first-order valence-corrected chi connectivity index (χ1v) is 5.85. The van der Waals surface area contributed by atoms with Crippen LogP contribution in [-0.2, 0) is 4.79 Å². The number of nitrogens with one attached hydrogen (secondary N) is 2. The largest absolute Gasteiger partial charge is 0.360 e. The van der Waals surface area contributed by atoms with Crippen molar-refractivity contribution in [3.8, 4) is 0 Å². The Hall–Kier alpha value is -1.17. The summed E-state index contributed by atoms with van der Waals surface area (Å²) in [5.74, 6) is 0.885. The highest BCUT2D eigenvalue weighted by Gasteiger charge is 2.22. The summed E-state index contributed by atoms with van der Waals surface area (Å²) in [6, 6.07) is 0.446. The predicted molar refractivity (Wildman–Crippen MR) is 58.9 cm³/mol. The van der Waals surface area contributed by atoms with Crippen LogP contribution in [0.5, 0.6) is 0 Å². The molecule has 0 aromatic carbocycles. The van der Waals surface area contributed by atoms with Crippen LogP contribution in [-0.4, -0.2) is 27.9 Å². The van der Waals surface area contributed by atoms with Crippen molar-refractivity contribution in [1.29, 1.82) is 0 Å². The Kier molecular flexibility index (Phi) is 3.15. The summed E-state index contributed by atoms with van der Waals surface area (Å²) in [5.41, 5.74) is 0. The zero-order valence-corrected chi connectivity index (χ0v) is 9.43. The Labute approximate surface area is 92.5 Å². The summed E-state index contributed by atoms with van der Waals surface area (Å²) in [7, 11) is 0. The fourth-order valence-electron chi connectivity index (χ4n) is 1.18. The molecule has 15 heavy (non-hydrogen) atoms. The summed E-state index contributed by atoms with van der Waals surface area (Å²) < 4.78 is 4.04. The van der Waals surface area contributed by atoms with E-state index in [2.05, 4.69) is 20.0 Å². The third-order valence-corrected chi connectivity index (χ3v) is 2.86. The quantitative estimate of drug-likeness (QED) is 0.783. The third-order valence-electron chi connectivity index (χ3n) is 2.10. The highest BCUT2D eigenvalue weighted by Crippen LogP contribution is 2.18. The first-order valence-electron chi connectivity index (χ1n) is 5.07. The number of anilines is 1. The van der Waals surface area contributed by atoms with Gasteiger partial charge in [0.25, 0.3) is 0 Å². The minimum atomic E-state index is 0.117. The number of nitrogens with zero attached hydrogens (tertiary/aromatic N) is 2. The number of aryl methyl sites for hydroxylation is 1. The second-order valence-corrected chi connectivity index (χ2v) is 4.42. The summed E-state index contributed by atoms with van der Waals surface area (Å²) in [5, 5.41) is 6.79. The lowest BCUT2D eigenvalue weighted by Gasteiger charge is -2.03. The summed E-state index contributed by atoms with van der Waals surface area (Å²) in [6.45, 7) is 2.47. The maximum atomic E-state index is 11.3. The van der Waals surface area contributed by atoms with Gasteiger partial charge in [-0.2, -0.15) is 4.37 Å². The van der Waals surface area contributed by atoms with Gasteiger partial charge in [-0.05, 0) is 19.8 Å². The van der Waals surface area contributed by atoms with E-state index in [0.717, 1.165) is 23.8 Å². The number of carbonyl (C=O) groups is 1. The molecule has 1 fully saturated rings. The number of carbonyl (C=O) groups excluding carboxylic acids is 1. The molecule has 1 saturated carbocycles. The van der Waals surface area contributed by atoms with Gasteiger partial charge in [0.05, 0.1) is 0 Å². The number of amides is 1. The van der Waals surface area contributed by atoms with Gasteiger partial charge in [0.2, 0.25) is 11.0 Å². The molecule has 1 aliphatic rings. The van der Waals surface area contributed by atoms with E-state index in [4.69, 9.17) is 0 Å². The van der Waals surface area contributed by atoms with Crippen molar-refractivity contribution in [2.24, 2.45) is 0 Å². The van der Waals surface area contributed by atoms with Crippen molar-refractivity contribution in [1.82, 2.24) is 14.7 Å². The second-order valence-electron chi connectivity index (χ2n) is 3.67. The van der Waals surface area contributed by atoms with Gasteiger partial charge in [0.1, 0.15) is 5.82 Å². The van der Waals surface area contributed by atoms with E-state index in [1.54, 1.807) is 0 Å². The molecule has 2 rings (SSSR count). The van der Waals surface area contributed by atoms with Gasteiger partial charge >= 0.3 is 0 Å². The van der Waals surface area contributed by atoms with Gasteiger partial charge in [0, 0.05) is 30.5 Å². The van der Waals surface area contributed by atoms with Gasteiger partial charge in [-0.15, -0.1) is 0 Å². The lowest BCUT2D eigenvalue weighted by atomic mass is 10.4. The normalized spacial score (nSPS) is 15.0. The topological polar surface area (TPSA) is 66.9 Å². The maximum absolute atomic E-state index is 11.3. The average molecular weight is 226 g/mol. The van der Waals surface area contributed by atoms with Crippen LogP contribution in [0.2, 0.25) is 0 Å². The molecule has 5 nitrogen and oxygen atoms in total. The van der Waals surface area contributed by atoms with E-state index in [0.29, 0.717) is 19.0 Å². The minimum Gasteiger partial charge on any atom is -0.360 e. The molecule has 0 aliphatic heterocycles. The Bertz CT molecular complexity index is 348. The molecule has 1 aliphatic carbocycles. The third kappa shape index (κ3) is 3.47. The monoisotopic (exact) mass is 226 g/mol. The molecular weight excluding hydrogens is 212 g/mol. The fraction of sp³-hybridized carbons (Fsp3) is 0.667. The van der Waals surface area contributed by atoms with E-state index >= 15 is 0 Å². The fourth-order valence-corrected chi connectivity index (χ4v) is 1.78. The molecule has 2 N–H and O–H groups in total. The van der Waals surface area contributed by atoms with E-state index in [9.17, 15) is 4.79 Å². The van der Waals surface area contributed by atoms with Crippen LogP contribution < -0.4 is 10.6 Å². The van der Waals surface area contributed by atoms with Crippen molar-refractivity contribution < 1.29 is 4.79 Å². The van der Waals surface area contributed by atoms with Crippen molar-refractivity contribution in [2.75, 3.05) is 11.9 Å². The molecule has 1 amide bonds. The molecule has 0 spiro atoms. The number of aromatic nitrogens is 2. The molecule has 1 aromatic rings. The van der Waals surface area contributed by atoms with Crippen LogP contribution in [0, 0.1) is 6.92 Å². The summed E-state index contributed by atoms with van der Waals surface area (Å²) in [4.78, 5) is 15.5. The number of hydrogen-bond acceptors (Lipinski definition) is 5. The van der Waals surface area contributed by atoms with Crippen LogP contribution in [0.1, 0.15) is 25.1 Å². The molecule has 6 heteroatoms. The minimum absolute atomic E-state index is 0.117. The van der Waals surface area contributed by atoms with Crippen molar-refractivity contribution >= 4 is 22.6 Å². The van der Waals surface area contributed by atoms with Crippen LogP contribution >= 0.6 is 11.5 Å². The first-order chi connectivity index (χ1) is 7.24. The maximum Gasteiger partial charge on any atom is 0.221 e. The average Bonchev–Trinajstić information content (AvgIpc) is 2.89. The van der Waals surface area contributed by atoms with Crippen LogP contribution in [0.15, 0.2) is 0 Å². The molecule has 0 unspecified atom stereocenters. The Morgan fingerprint density at radius 1 is 1.60 bits per heavy atom. The van der Waals surface area contributed by atoms with E-state index in [1.807, 2.05) is 6.92 Å². The molecule has 82 valence electrons. The summed E-state index contributed by atoms with van der Waals surface area (Å²) in [6.07, 6.45) is 2.76.